The first-order valence-corrected chi connectivity index (χ1v) is 14.6. The summed E-state index contributed by atoms with van der Waals surface area (Å²) in [5, 5.41) is 26.9. The van der Waals surface area contributed by atoms with Gasteiger partial charge < -0.3 is 38.5 Å². The van der Waals surface area contributed by atoms with Crippen molar-refractivity contribution in [3.63, 3.8) is 0 Å². The van der Waals surface area contributed by atoms with Crippen molar-refractivity contribution in [3.05, 3.63) is 101 Å². The maximum atomic E-state index is 13.8. The number of carbonyl (C=O) groups is 5. The zero-order chi connectivity index (χ0) is 33.9. The molecular formula is C34H41N3Na2O9. The number of ether oxygens (including phenoxy) is 2. The molecule has 0 bridgehead atoms. The Kier molecular flexibility index (Phi) is 17.9. The van der Waals surface area contributed by atoms with Crippen molar-refractivity contribution in [1.82, 2.24) is 16.0 Å². The molecule has 0 saturated heterocycles. The molecule has 5 N–H and O–H groups in total. The molecule has 3 rings (SSSR count). The minimum absolute atomic E-state index is 0. The Hall–Kier alpha value is -3.39. The van der Waals surface area contributed by atoms with Crippen LogP contribution < -0.4 is 79.8 Å². The number of aromatic carboxylic acids is 1. The fraction of sp³-hybridized carbons (Fsp3) is 0.324. The van der Waals surface area contributed by atoms with Crippen molar-refractivity contribution in [2.75, 3.05) is 6.61 Å². The molecule has 12 nitrogen and oxygen atoms in total. The van der Waals surface area contributed by atoms with Gasteiger partial charge in [-0.3, -0.25) is 9.59 Å². The van der Waals surface area contributed by atoms with E-state index in [-0.39, 0.29) is 86.1 Å². The summed E-state index contributed by atoms with van der Waals surface area (Å²) < 4.78 is 10.5. The Morgan fingerprint density at radius 3 is 1.85 bits per heavy atom. The van der Waals surface area contributed by atoms with Crippen LogP contribution >= 0.6 is 0 Å². The van der Waals surface area contributed by atoms with E-state index in [1.165, 1.54) is 18.2 Å². The molecule has 248 valence electrons. The molecule has 0 fully saturated rings. The van der Waals surface area contributed by atoms with Crippen LogP contribution in [0, 0.1) is 0 Å². The molecule has 0 radical (unpaired) electrons. The van der Waals surface area contributed by atoms with E-state index in [0.717, 1.165) is 11.1 Å². The minimum Gasteiger partial charge on any atom is -1.00 e. The molecule has 0 aliphatic rings. The molecule has 14 heteroatoms. The van der Waals surface area contributed by atoms with Crippen molar-refractivity contribution in [2.45, 2.75) is 64.3 Å². The number of carboxylic acid groups (broad SMARTS) is 2. The van der Waals surface area contributed by atoms with E-state index < -0.39 is 60.2 Å². The molecule has 3 aromatic carbocycles. The van der Waals surface area contributed by atoms with Gasteiger partial charge in [0.25, 0.3) is 0 Å². The number of alkyl carbamates (subject to hydrolysis) is 1. The van der Waals surface area contributed by atoms with Crippen LogP contribution in [-0.4, -0.2) is 64.4 Å². The molecule has 0 saturated carbocycles. The van der Waals surface area contributed by atoms with Crippen LogP contribution in [0.2, 0.25) is 0 Å². The number of hydrogen-bond acceptors (Lipinski definition) is 7. The maximum Gasteiger partial charge on any atom is 1.00 e. The summed E-state index contributed by atoms with van der Waals surface area (Å²) in [7, 11) is 0. The third-order valence-electron chi connectivity index (χ3n) is 6.65. The summed E-state index contributed by atoms with van der Waals surface area (Å²) in [5.74, 6) is -4.02. The molecule has 0 aliphatic heterocycles. The second-order valence-corrected chi connectivity index (χ2v) is 11.6. The van der Waals surface area contributed by atoms with Crippen molar-refractivity contribution in [1.29, 1.82) is 0 Å². The Labute approximate surface area is 326 Å². The van der Waals surface area contributed by atoms with Crippen LogP contribution in [0.5, 0.6) is 5.75 Å². The van der Waals surface area contributed by atoms with Gasteiger partial charge in [-0.2, -0.15) is 0 Å². The van der Waals surface area contributed by atoms with Crippen molar-refractivity contribution in [3.8, 4) is 5.75 Å². The zero-order valence-corrected chi connectivity index (χ0v) is 32.1. The monoisotopic (exact) mass is 681 g/mol. The van der Waals surface area contributed by atoms with Gasteiger partial charge in [0.05, 0.1) is 6.04 Å². The van der Waals surface area contributed by atoms with E-state index >= 15 is 0 Å². The summed E-state index contributed by atoms with van der Waals surface area (Å²) in [6.07, 6.45) is -0.854. The summed E-state index contributed by atoms with van der Waals surface area (Å²) in [5.41, 5.74) is 0.793. The molecule has 0 spiro atoms. The Bertz CT molecular complexity index is 1550. The molecule has 0 aliphatic carbocycles. The van der Waals surface area contributed by atoms with Crippen LogP contribution in [0.4, 0.5) is 4.79 Å². The molecule has 3 amide bonds. The molecule has 3 aromatic rings. The van der Waals surface area contributed by atoms with E-state index in [1.54, 1.807) is 52.0 Å². The average Bonchev–Trinajstić information content (AvgIpc) is 2.99. The molecule has 48 heavy (non-hydrogen) atoms. The van der Waals surface area contributed by atoms with E-state index in [0.29, 0.717) is 5.56 Å². The van der Waals surface area contributed by atoms with Crippen molar-refractivity contribution < 1.29 is 106 Å². The average molecular weight is 682 g/mol. The predicted octanol–water partition coefficient (Wildman–Crippen LogP) is -1.88. The summed E-state index contributed by atoms with van der Waals surface area (Å²) in [6, 6.07) is 19.5. The minimum atomic E-state index is -1.37. The van der Waals surface area contributed by atoms with Gasteiger partial charge in [0.15, 0.2) is 6.61 Å². The number of rotatable bonds is 14. The van der Waals surface area contributed by atoms with Gasteiger partial charge in [-0.25, -0.2) is 14.4 Å². The Balaban J connectivity index is 0. The first kappa shape index (κ1) is 42.6. The van der Waals surface area contributed by atoms with Gasteiger partial charge >= 0.3 is 77.1 Å². The first-order chi connectivity index (χ1) is 21.7. The van der Waals surface area contributed by atoms with Gasteiger partial charge in [0, 0.05) is 12.8 Å². The first-order valence-electron chi connectivity index (χ1n) is 14.6. The summed E-state index contributed by atoms with van der Waals surface area (Å²) >= 11 is 0. The van der Waals surface area contributed by atoms with Gasteiger partial charge in [-0.1, -0.05) is 66.7 Å². The van der Waals surface area contributed by atoms with Crippen LogP contribution in [0.15, 0.2) is 78.9 Å². The number of carbonyl (C=O) groups excluding carboxylic acids is 3. The molecule has 1 unspecified atom stereocenters. The molecular weight excluding hydrogens is 640 g/mol. The van der Waals surface area contributed by atoms with E-state index in [1.807, 2.05) is 36.4 Å². The quantitative estimate of drug-likeness (QED) is 0.122. The Morgan fingerprint density at radius 1 is 0.750 bits per heavy atom. The second kappa shape index (κ2) is 20.2. The number of benzene rings is 3. The molecule has 0 heterocycles. The third-order valence-corrected chi connectivity index (χ3v) is 6.65. The van der Waals surface area contributed by atoms with E-state index in [2.05, 4.69) is 16.0 Å². The fourth-order valence-electron chi connectivity index (χ4n) is 4.50. The topological polar surface area (TPSA) is 180 Å². The SMILES string of the molecule is CC(NC(=O)[C@H](Cc1ccc(OCC(=O)O)c(C(=O)O)c1)NC(=O)[C@H](Cc1ccccc1)NC(=O)OC(C)(C)C)c1ccccc1.[H-].[H-].[Na+].[Na+]. The van der Waals surface area contributed by atoms with Crippen LogP contribution in [0.25, 0.3) is 0 Å². The van der Waals surface area contributed by atoms with Crippen LogP contribution in [0.1, 0.15) is 63.6 Å². The van der Waals surface area contributed by atoms with Crippen LogP contribution in [-0.2, 0) is 32.0 Å². The van der Waals surface area contributed by atoms with Gasteiger partial charge in [-0.05, 0) is 56.5 Å². The van der Waals surface area contributed by atoms with Gasteiger partial charge in [0.1, 0.15) is 29.0 Å². The fourth-order valence-corrected chi connectivity index (χ4v) is 4.50. The van der Waals surface area contributed by atoms with Gasteiger partial charge in [0.2, 0.25) is 11.8 Å². The van der Waals surface area contributed by atoms with E-state index in [4.69, 9.17) is 14.6 Å². The Morgan fingerprint density at radius 2 is 1.29 bits per heavy atom. The number of carboxylic acids is 2. The van der Waals surface area contributed by atoms with Crippen molar-refractivity contribution in [2.24, 2.45) is 0 Å². The predicted molar refractivity (Wildman–Crippen MR) is 171 cm³/mol. The zero-order valence-electron chi connectivity index (χ0n) is 30.1. The second-order valence-electron chi connectivity index (χ2n) is 11.6. The number of amides is 3. The standard InChI is InChI=1S/C34H39N3O9.2Na.2H/c1-21(24-13-9-6-10-14-24)35-30(40)26(19-23-15-16-28(45-20-29(38)39)25(17-23)32(42)43)36-31(41)27(18-22-11-7-5-8-12-22)37-33(44)46-34(2,3)4;;;;/h5-17,21,26-27H,18-20H2,1-4H3,(H,35,40)(H,36,41)(H,37,44)(H,38,39)(H,42,43);;;;/q;2*+1;2*-1/t21?,26-,27-;;;;/m0..../s1. The number of aliphatic carboxylic acids is 1. The molecule has 3 atom stereocenters. The smallest absolute Gasteiger partial charge is 1.00 e. The van der Waals surface area contributed by atoms with Crippen LogP contribution in [0.3, 0.4) is 0 Å². The largest absolute Gasteiger partial charge is 1.00 e. The summed E-state index contributed by atoms with van der Waals surface area (Å²) in [6.45, 7) is 6.11. The van der Waals surface area contributed by atoms with Gasteiger partial charge in [-0.15, -0.1) is 0 Å². The van der Waals surface area contributed by atoms with Crippen molar-refractivity contribution >= 4 is 29.8 Å². The third kappa shape index (κ3) is 14.4. The maximum absolute atomic E-state index is 13.8. The van der Waals surface area contributed by atoms with E-state index in [9.17, 15) is 29.1 Å². The summed E-state index contributed by atoms with van der Waals surface area (Å²) in [4.78, 5) is 63.0. The number of nitrogens with one attached hydrogen (secondary N) is 3. The number of hydrogen-bond donors (Lipinski definition) is 5. The molecule has 0 aromatic heterocycles. The normalized spacial score (nSPS) is 12.4.